The van der Waals surface area contributed by atoms with E-state index in [1.807, 2.05) is 53.8 Å². The molecule has 0 unspecified atom stereocenters. The largest absolute Gasteiger partial charge is 0.337 e. The second kappa shape index (κ2) is 6.27. The molecule has 3 aromatic rings. The molecule has 0 N–H and O–H groups in total. The number of aryl methyl sites for hydroxylation is 2. The summed E-state index contributed by atoms with van der Waals surface area (Å²) in [6.07, 6.45) is 3.55. The van der Waals surface area contributed by atoms with Gasteiger partial charge in [0.1, 0.15) is 17.8 Å². The second-order valence-electron chi connectivity index (χ2n) is 6.71. The van der Waals surface area contributed by atoms with E-state index >= 15 is 0 Å². The van der Waals surface area contributed by atoms with Crippen molar-refractivity contribution in [3.05, 3.63) is 53.7 Å². The summed E-state index contributed by atoms with van der Waals surface area (Å²) < 4.78 is 1.97. The zero-order valence-electron chi connectivity index (χ0n) is 14.5. The predicted octanol–water partition coefficient (Wildman–Crippen LogP) is 2.69. The molecular formula is C19H21N5O. The lowest BCUT2D eigenvalue weighted by Gasteiger charge is -2.31. The van der Waals surface area contributed by atoms with Crippen LogP contribution in [0.1, 0.15) is 40.6 Å². The average molecular weight is 335 g/mol. The molecule has 1 amide bonds. The number of amides is 1. The van der Waals surface area contributed by atoms with E-state index < -0.39 is 0 Å². The van der Waals surface area contributed by atoms with Crippen molar-refractivity contribution in [2.45, 2.75) is 25.7 Å². The Morgan fingerprint density at radius 2 is 1.96 bits per heavy atom. The fourth-order valence-electron chi connectivity index (χ4n) is 3.62. The lowest BCUT2D eigenvalue weighted by Crippen LogP contribution is -2.38. The standard InChI is InChI=1S/C19H21N5O/c1-13-11-17(21-16-6-4-3-5-15(13)16)19(25)24-9-7-14(8-10-24)18-22-20-12-23(18)2/h3-6,11-12,14H,7-10H2,1-2H3. The summed E-state index contributed by atoms with van der Waals surface area (Å²) in [5.41, 5.74) is 2.50. The molecule has 0 radical (unpaired) electrons. The number of nitrogens with zero attached hydrogens (tertiary/aromatic N) is 5. The van der Waals surface area contributed by atoms with Crippen LogP contribution in [0.4, 0.5) is 0 Å². The maximum absolute atomic E-state index is 12.9. The summed E-state index contributed by atoms with van der Waals surface area (Å²) >= 11 is 0. The normalized spacial score (nSPS) is 15.7. The van der Waals surface area contributed by atoms with E-state index in [4.69, 9.17) is 0 Å². The van der Waals surface area contributed by atoms with Gasteiger partial charge in [-0.2, -0.15) is 0 Å². The van der Waals surface area contributed by atoms with Crippen molar-refractivity contribution in [3.8, 4) is 0 Å². The molecular weight excluding hydrogens is 314 g/mol. The molecule has 6 heteroatoms. The summed E-state index contributed by atoms with van der Waals surface area (Å²) in [4.78, 5) is 19.4. The van der Waals surface area contributed by atoms with E-state index in [9.17, 15) is 4.79 Å². The Morgan fingerprint density at radius 1 is 1.20 bits per heavy atom. The van der Waals surface area contributed by atoms with Gasteiger partial charge in [0.25, 0.3) is 5.91 Å². The number of hydrogen-bond donors (Lipinski definition) is 0. The Labute approximate surface area is 146 Å². The van der Waals surface area contributed by atoms with Gasteiger partial charge in [0.2, 0.25) is 0 Å². The van der Waals surface area contributed by atoms with Gasteiger partial charge in [0, 0.05) is 31.4 Å². The number of likely N-dealkylation sites (tertiary alicyclic amines) is 1. The molecule has 1 aliphatic heterocycles. The summed E-state index contributed by atoms with van der Waals surface area (Å²) in [5.74, 6) is 1.39. The van der Waals surface area contributed by atoms with Crippen LogP contribution < -0.4 is 0 Å². The van der Waals surface area contributed by atoms with Gasteiger partial charge in [-0.3, -0.25) is 4.79 Å². The minimum atomic E-state index is 0.0188. The zero-order chi connectivity index (χ0) is 17.4. The summed E-state index contributed by atoms with van der Waals surface area (Å²) in [6.45, 7) is 3.48. The molecule has 128 valence electrons. The predicted molar refractivity (Wildman–Crippen MR) is 95.4 cm³/mol. The van der Waals surface area contributed by atoms with Gasteiger partial charge in [0.05, 0.1) is 5.52 Å². The third-order valence-corrected chi connectivity index (χ3v) is 5.04. The fraction of sp³-hybridized carbons (Fsp3) is 0.368. The van der Waals surface area contributed by atoms with Crippen LogP contribution in [-0.4, -0.2) is 43.6 Å². The number of para-hydroxylation sites is 1. The highest BCUT2D eigenvalue weighted by Gasteiger charge is 2.27. The highest BCUT2D eigenvalue weighted by molar-refractivity contribution is 5.96. The van der Waals surface area contributed by atoms with Crippen LogP contribution in [0.25, 0.3) is 10.9 Å². The van der Waals surface area contributed by atoms with Crippen LogP contribution in [-0.2, 0) is 7.05 Å². The summed E-state index contributed by atoms with van der Waals surface area (Å²) in [5, 5.41) is 9.27. The number of benzene rings is 1. The first-order valence-electron chi connectivity index (χ1n) is 8.63. The van der Waals surface area contributed by atoms with Crippen LogP contribution in [0.15, 0.2) is 36.7 Å². The van der Waals surface area contributed by atoms with Crippen molar-refractivity contribution in [1.82, 2.24) is 24.6 Å². The monoisotopic (exact) mass is 335 g/mol. The number of piperidine rings is 1. The number of carbonyl (C=O) groups excluding carboxylic acids is 1. The van der Waals surface area contributed by atoms with E-state index in [0.717, 1.165) is 48.2 Å². The first-order chi connectivity index (χ1) is 12.1. The Morgan fingerprint density at radius 3 is 2.68 bits per heavy atom. The van der Waals surface area contributed by atoms with Gasteiger partial charge in [-0.1, -0.05) is 18.2 Å². The molecule has 1 saturated heterocycles. The molecule has 0 aliphatic carbocycles. The molecule has 0 spiro atoms. The molecule has 4 rings (SSSR count). The topological polar surface area (TPSA) is 63.9 Å². The van der Waals surface area contributed by atoms with Gasteiger partial charge in [-0.15, -0.1) is 10.2 Å². The maximum Gasteiger partial charge on any atom is 0.272 e. The van der Waals surface area contributed by atoms with Crippen molar-refractivity contribution in [3.63, 3.8) is 0 Å². The highest BCUT2D eigenvalue weighted by atomic mass is 16.2. The molecule has 1 aliphatic rings. The van der Waals surface area contributed by atoms with E-state index in [1.165, 1.54) is 0 Å². The summed E-state index contributed by atoms with van der Waals surface area (Å²) in [6, 6.07) is 9.85. The zero-order valence-corrected chi connectivity index (χ0v) is 14.5. The molecule has 6 nitrogen and oxygen atoms in total. The van der Waals surface area contributed by atoms with Crippen LogP contribution in [0.2, 0.25) is 0 Å². The lowest BCUT2D eigenvalue weighted by atomic mass is 9.95. The number of carbonyl (C=O) groups is 1. The number of rotatable bonds is 2. The Hall–Kier alpha value is -2.76. The van der Waals surface area contributed by atoms with Gasteiger partial charge in [-0.25, -0.2) is 4.98 Å². The fourth-order valence-corrected chi connectivity index (χ4v) is 3.62. The van der Waals surface area contributed by atoms with Crippen molar-refractivity contribution >= 4 is 16.8 Å². The number of fused-ring (bicyclic) bond motifs is 1. The van der Waals surface area contributed by atoms with E-state index in [-0.39, 0.29) is 5.91 Å². The Bertz CT molecular complexity index is 924. The molecule has 0 atom stereocenters. The van der Waals surface area contributed by atoms with Gasteiger partial charge >= 0.3 is 0 Å². The third-order valence-electron chi connectivity index (χ3n) is 5.04. The molecule has 1 aromatic carbocycles. The van der Waals surface area contributed by atoms with Crippen LogP contribution in [0, 0.1) is 6.92 Å². The highest BCUT2D eigenvalue weighted by Crippen LogP contribution is 2.27. The van der Waals surface area contributed by atoms with Gasteiger partial charge < -0.3 is 9.47 Å². The van der Waals surface area contributed by atoms with Crippen molar-refractivity contribution < 1.29 is 4.79 Å². The molecule has 0 saturated carbocycles. The maximum atomic E-state index is 12.9. The first kappa shape index (κ1) is 15.7. The number of aromatic nitrogens is 4. The Balaban J connectivity index is 1.52. The van der Waals surface area contributed by atoms with Crippen molar-refractivity contribution in [1.29, 1.82) is 0 Å². The molecule has 0 bridgehead atoms. The number of hydrogen-bond acceptors (Lipinski definition) is 4. The lowest BCUT2D eigenvalue weighted by molar-refractivity contribution is 0.0705. The van der Waals surface area contributed by atoms with Crippen LogP contribution >= 0.6 is 0 Å². The van der Waals surface area contributed by atoms with Gasteiger partial charge in [-0.05, 0) is 37.5 Å². The minimum Gasteiger partial charge on any atom is -0.337 e. The third kappa shape index (κ3) is 2.88. The van der Waals surface area contributed by atoms with Crippen molar-refractivity contribution in [2.24, 2.45) is 7.05 Å². The van der Waals surface area contributed by atoms with Crippen molar-refractivity contribution in [2.75, 3.05) is 13.1 Å². The quantitative estimate of drug-likeness (QED) is 0.722. The van der Waals surface area contributed by atoms with Crippen LogP contribution in [0.5, 0.6) is 0 Å². The molecule has 3 heterocycles. The minimum absolute atomic E-state index is 0.0188. The molecule has 1 fully saturated rings. The second-order valence-corrected chi connectivity index (χ2v) is 6.71. The van der Waals surface area contributed by atoms with E-state index in [1.54, 1.807) is 6.33 Å². The SMILES string of the molecule is Cc1cc(C(=O)N2CCC(c3nncn3C)CC2)nc2ccccc12. The molecule has 2 aromatic heterocycles. The summed E-state index contributed by atoms with van der Waals surface area (Å²) in [7, 11) is 1.97. The first-order valence-corrected chi connectivity index (χ1v) is 8.63. The van der Waals surface area contributed by atoms with E-state index in [0.29, 0.717) is 11.6 Å². The number of pyridine rings is 1. The van der Waals surface area contributed by atoms with Gasteiger partial charge in [0.15, 0.2) is 0 Å². The van der Waals surface area contributed by atoms with Crippen LogP contribution in [0.3, 0.4) is 0 Å². The van der Waals surface area contributed by atoms with E-state index in [2.05, 4.69) is 15.2 Å². The molecule has 25 heavy (non-hydrogen) atoms. The smallest absolute Gasteiger partial charge is 0.272 e. The average Bonchev–Trinajstić information content (AvgIpc) is 3.07. The Kier molecular flexibility index (Phi) is 3.95.